The number of pyridine rings is 1. The number of carbonyl (C=O) groups excluding carboxylic acids is 1. The molecule has 104 valence electrons. The van der Waals surface area contributed by atoms with Crippen LogP contribution in [0.1, 0.15) is 49.0 Å². The standard InChI is InChI=1S/C13H15N5OS/c1-9(19)10-6-7-12(14-8-10)20-13-15-16-17-18(13)11-4-2-3-5-11/h6-8,11H,2-5H2,1H3. The number of ketones is 1. The second-order valence-electron chi connectivity index (χ2n) is 4.89. The number of tetrazole rings is 1. The van der Waals surface area contributed by atoms with Crippen LogP contribution in [0.2, 0.25) is 0 Å². The maximum absolute atomic E-state index is 11.2. The number of Topliss-reactive ketones (excluding diaryl/α,β-unsaturated/α-hetero) is 1. The highest BCUT2D eigenvalue weighted by Crippen LogP contribution is 2.33. The number of hydrogen-bond acceptors (Lipinski definition) is 6. The van der Waals surface area contributed by atoms with Crippen molar-refractivity contribution in [2.24, 2.45) is 0 Å². The van der Waals surface area contributed by atoms with Gasteiger partial charge in [0.1, 0.15) is 5.03 Å². The molecule has 3 rings (SSSR count). The van der Waals surface area contributed by atoms with E-state index in [1.807, 2.05) is 10.7 Å². The molecule has 0 aliphatic heterocycles. The van der Waals surface area contributed by atoms with Crippen molar-refractivity contribution in [2.45, 2.75) is 48.8 Å². The molecule has 0 atom stereocenters. The molecule has 1 fully saturated rings. The van der Waals surface area contributed by atoms with Crippen molar-refractivity contribution < 1.29 is 4.79 Å². The average molecular weight is 289 g/mol. The number of nitrogens with zero attached hydrogens (tertiary/aromatic N) is 5. The van der Waals surface area contributed by atoms with E-state index in [1.54, 1.807) is 12.3 Å². The van der Waals surface area contributed by atoms with Crippen LogP contribution in [-0.4, -0.2) is 31.0 Å². The van der Waals surface area contributed by atoms with Crippen molar-refractivity contribution in [3.8, 4) is 0 Å². The number of carbonyl (C=O) groups is 1. The fraction of sp³-hybridized carbons (Fsp3) is 0.462. The van der Waals surface area contributed by atoms with E-state index in [0.29, 0.717) is 11.6 Å². The monoisotopic (exact) mass is 289 g/mol. The first-order valence-corrected chi connectivity index (χ1v) is 7.48. The molecule has 1 aliphatic carbocycles. The largest absolute Gasteiger partial charge is 0.294 e. The van der Waals surface area contributed by atoms with Crippen LogP contribution in [0.15, 0.2) is 28.5 Å². The van der Waals surface area contributed by atoms with Crippen molar-refractivity contribution in [3.63, 3.8) is 0 Å². The van der Waals surface area contributed by atoms with Crippen LogP contribution in [0.5, 0.6) is 0 Å². The maximum atomic E-state index is 11.2. The Morgan fingerprint density at radius 2 is 2.15 bits per heavy atom. The quantitative estimate of drug-likeness (QED) is 0.805. The van der Waals surface area contributed by atoms with Gasteiger partial charge in [-0.1, -0.05) is 12.8 Å². The molecule has 2 heterocycles. The molecular weight excluding hydrogens is 274 g/mol. The van der Waals surface area contributed by atoms with E-state index in [0.717, 1.165) is 23.0 Å². The maximum Gasteiger partial charge on any atom is 0.215 e. The molecule has 7 heteroatoms. The van der Waals surface area contributed by atoms with Crippen LogP contribution in [0.25, 0.3) is 0 Å². The first-order valence-electron chi connectivity index (χ1n) is 6.67. The first kappa shape index (κ1) is 13.2. The summed E-state index contributed by atoms with van der Waals surface area (Å²) >= 11 is 1.43. The summed E-state index contributed by atoms with van der Waals surface area (Å²) in [5, 5.41) is 13.5. The third-order valence-electron chi connectivity index (χ3n) is 3.47. The van der Waals surface area contributed by atoms with Crippen LogP contribution < -0.4 is 0 Å². The minimum Gasteiger partial charge on any atom is -0.294 e. The molecule has 20 heavy (non-hydrogen) atoms. The summed E-state index contributed by atoms with van der Waals surface area (Å²) in [6.45, 7) is 1.53. The van der Waals surface area contributed by atoms with E-state index in [-0.39, 0.29) is 5.78 Å². The van der Waals surface area contributed by atoms with Crippen molar-refractivity contribution in [1.29, 1.82) is 0 Å². The van der Waals surface area contributed by atoms with E-state index in [9.17, 15) is 4.79 Å². The Labute approximate surface area is 121 Å². The number of rotatable bonds is 4. The van der Waals surface area contributed by atoms with Gasteiger partial charge in [0.15, 0.2) is 5.78 Å². The van der Waals surface area contributed by atoms with Gasteiger partial charge >= 0.3 is 0 Å². The summed E-state index contributed by atoms with van der Waals surface area (Å²) in [6, 6.07) is 4.01. The van der Waals surface area contributed by atoms with E-state index >= 15 is 0 Å². The van der Waals surface area contributed by atoms with E-state index in [1.165, 1.54) is 31.5 Å². The number of aromatic nitrogens is 5. The molecule has 2 aromatic rings. The molecule has 0 amide bonds. The second kappa shape index (κ2) is 5.70. The molecule has 0 radical (unpaired) electrons. The molecule has 0 bridgehead atoms. The van der Waals surface area contributed by atoms with Crippen LogP contribution in [0.4, 0.5) is 0 Å². The fourth-order valence-electron chi connectivity index (χ4n) is 2.37. The number of hydrogen-bond donors (Lipinski definition) is 0. The molecular formula is C13H15N5OS. The summed E-state index contributed by atoms with van der Waals surface area (Å²) in [7, 11) is 0. The highest BCUT2D eigenvalue weighted by molar-refractivity contribution is 7.99. The lowest BCUT2D eigenvalue weighted by molar-refractivity contribution is 0.101. The Kier molecular flexibility index (Phi) is 3.77. The first-order chi connectivity index (χ1) is 9.74. The Balaban J connectivity index is 1.77. The zero-order valence-corrected chi connectivity index (χ0v) is 12.0. The highest BCUT2D eigenvalue weighted by Gasteiger charge is 2.22. The van der Waals surface area contributed by atoms with E-state index in [2.05, 4.69) is 20.5 Å². The Morgan fingerprint density at radius 3 is 2.80 bits per heavy atom. The molecule has 2 aromatic heterocycles. The predicted molar refractivity (Wildman–Crippen MR) is 73.7 cm³/mol. The van der Waals surface area contributed by atoms with Gasteiger partial charge in [-0.2, -0.15) is 0 Å². The molecule has 1 aliphatic rings. The normalized spacial score (nSPS) is 15.7. The zero-order chi connectivity index (χ0) is 13.9. The van der Waals surface area contributed by atoms with Gasteiger partial charge in [-0.15, -0.1) is 5.10 Å². The third-order valence-corrected chi connectivity index (χ3v) is 4.37. The SMILES string of the molecule is CC(=O)c1ccc(Sc2nnnn2C2CCCC2)nc1. The van der Waals surface area contributed by atoms with Crippen LogP contribution >= 0.6 is 11.8 Å². The Hall–Kier alpha value is -1.76. The second-order valence-corrected chi connectivity index (χ2v) is 5.88. The highest BCUT2D eigenvalue weighted by atomic mass is 32.2. The summed E-state index contributed by atoms with van der Waals surface area (Å²) in [5.74, 6) is 0.0184. The molecule has 0 unspecified atom stereocenters. The van der Waals surface area contributed by atoms with Crippen LogP contribution in [0.3, 0.4) is 0 Å². The van der Waals surface area contributed by atoms with E-state index in [4.69, 9.17) is 0 Å². The van der Waals surface area contributed by atoms with Crippen LogP contribution in [-0.2, 0) is 0 Å². The van der Waals surface area contributed by atoms with Gasteiger partial charge in [0.05, 0.1) is 6.04 Å². The summed E-state index contributed by atoms with van der Waals surface area (Å²) in [6.07, 6.45) is 6.33. The molecule has 1 saturated carbocycles. The topological polar surface area (TPSA) is 73.6 Å². The Bertz CT molecular complexity index is 603. The van der Waals surface area contributed by atoms with Crippen molar-refractivity contribution in [2.75, 3.05) is 0 Å². The molecule has 0 saturated heterocycles. The van der Waals surface area contributed by atoms with E-state index < -0.39 is 0 Å². The minimum absolute atomic E-state index is 0.0184. The van der Waals surface area contributed by atoms with Crippen molar-refractivity contribution in [1.82, 2.24) is 25.2 Å². The molecule has 0 spiro atoms. The molecule has 6 nitrogen and oxygen atoms in total. The van der Waals surface area contributed by atoms with Gasteiger partial charge in [0.25, 0.3) is 0 Å². The van der Waals surface area contributed by atoms with Crippen molar-refractivity contribution in [3.05, 3.63) is 23.9 Å². The predicted octanol–water partition coefficient (Wildman–Crippen LogP) is 2.54. The van der Waals surface area contributed by atoms with Gasteiger partial charge in [0.2, 0.25) is 5.16 Å². The molecule has 0 N–H and O–H groups in total. The Morgan fingerprint density at radius 1 is 1.35 bits per heavy atom. The van der Waals surface area contributed by atoms with Gasteiger partial charge in [0, 0.05) is 11.8 Å². The van der Waals surface area contributed by atoms with Gasteiger partial charge in [-0.3, -0.25) is 4.79 Å². The summed E-state index contributed by atoms with van der Waals surface area (Å²) in [5.41, 5.74) is 0.615. The van der Waals surface area contributed by atoms with Gasteiger partial charge < -0.3 is 0 Å². The fourth-order valence-corrected chi connectivity index (χ4v) is 3.16. The summed E-state index contributed by atoms with van der Waals surface area (Å²) in [4.78, 5) is 15.5. The summed E-state index contributed by atoms with van der Waals surface area (Å²) < 4.78 is 1.90. The molecule has 0 aromatic carbocycles. The zero-order valence-electron chi connectivity index (χ0n) is 11.2. The lowest BCUT2D eigenvalue weighted by Crippen LogP contribution is -2.08. The minimum atomic E-state index is 0.0184. The van der Waals surface area contributed by atoms with Crippen molar-refractivity contribution >= 4 is 17.5 Å². The lowest BCUT2D eigenvalue weighted by atomic mass is 10.2. The lowest BCUT2D eigenvalue weighted by Gasteiger charge is -2.10. The van der Waals surface area contributed by atoms with Gasteiger partial charge in [-0.05, 0) is 54.1 Å². The smallest absolute Gasteiger partial charge is 0.215 e. The van der Waals surface area contributed by atoms with Crippen LogP contribution in [0, 0.1) is 0 Å². The average Bonchev–Trinajstić information content (AvgIpc) is 3.09. The third kappa shape index (κ3) is 2.72. The van der Waals surface area contributed by atoms with Gasteiger partial charge in [-0.25, -0.2) is 9.67 Å².